The minimum Gasteiger partial charge on any atom is -0.507 e. The maximum Gasteiger partial charge on any atom is 0.295 e. The smallest absolute Gasteiger partial charge is 0.295 e. The van der Waals surface area contributed by atoms with Gasteiger partial charge in [0, 0.05) is 11.1 Å². The van der Waals surface area contributed by atoms with E-state index in [4.69, 9.17) is 4.74 Å². The fourth-order valence-corrected chi connectivity index (χ4v) is 3.59. The molecule has 7 heteroatoms. The molecule has 0 aliphatic carbocycles. The van der Waals surface area contributed by atoms with Gasteiger partial charge in [-0.1, -0.05) is 18.2 Å². The number of halogens is 1. The first-order chi connectivity index (χ1) is 14.7. The Morgan fingerprint density at radius 1 is 1.13 bits per heavy atom. The van der Waals surface area contributed by atoms with Crippen molar-refractivity contribution in [2.45, 2.75) is 26.0 Å². The summed E-state index contributed by atoms with van der Waals surface area (Å²) in [5.41, 5.74) is 0.423. The number of rotatable bonds is 7. The molecule has 1 aliphatic rings. The van der Waals surface area contributed by atoms with E-state index in [1.54, 1.807) is 36.4 Å². The van der Waals surface area contributed by atoms with E-state index in [-0.39, 0.29) is 29.5 Å². The molecule has 0 radical (unpaired) electrons. The van der Waals surface area contributed by atoms with Crippen LogP contribution in [0, 0.1) is 5.82 Å². The molecule has 0 aromatic heterocycles. The number of ketones is 1. The van der Waals surface area contributed by atoms with Crippen molar-refractivity contribution in [2.75, 3.05) is 27.2 Å². The number of likely N-dealkylation sites (N-methyl/N-ethyl adjacent to an activating group) is 1. The van der Waals surface area contributed by atoms with E-state index in [1.165, 1.54) is 17.0 Å². The Bertz CT molecular complexity index is 999. The van der Waals surface area contributed by atoms with Gasteiger partial charge in [0.05, 0.1) is 44.9 Å². The monoisotopic (exact) mass is 427 g/mol. The summed E-state index contributed by atoms with van der Waals surface area (Å²) in [7, 11) is 3.85. The molecule has 2 aromatic carbocycles. The summed E-state index contributed by atoms with van der Waals surface area (Å²) in [6.45, 7) is 4.63. The van der Waals surface area contributed by atoms with E-state index < -0.39 is 23.5 Å². The van der Waals surface area contributed by atoms with Crippen molar-refractivity contribution in [3.8, 4) is 5.75 Å². The number of likely N-dealkylation sites (tertiary alicyclic amines) is 1. The number of amides is 1. The van der Waals surface area contributed by atoms with Gasteiger partial charge in [0.1, 0.15) is 17.3 Å². The summed E-state index contributed by atoms with van der Waals surface area (Å²) < 4.78 is 20.3. The van der Waals surface area contributed by atoms with Crippen LogP contribution in [0.1, 0.15) is 31.0 Å². The number of aliphatic hydroxyl groups is 1. The average Bonchev–Trinajstić information content (AvgIpc) is 2.96. The van der Waals surface area contributed by atoms with Gasteiger partial charge >= 0.3 is 0 Å². The van der Waals surface area contributed by atoms with Crippen molar-refractivity contribution in [3.63, 3.8) is 0 Å². The van der Waals surface area contributed by atoms with Gasteiger partial charge in [-0.05, 0) is 44.2 Å². The summed E-state index contributed by atoms with van der Waals surface area (Å²) in [5.74, 6) is -1.81. The van der Waals surface area contributed by atoms with Crippen molar-refractivity contribution >= 4 is 17.4 Å². The van der Waals surface area contributed by atoms with E-state index in [2.05, 4.69) is 0 Å². The van der Waals surface area contributed by atoms with Crippen LogP contribution in [0.5, 0.6) is 5.75 Å². The number of carbonyl (C=O) groups excluding carboxylic acids is 2. The van der Waals surface area contributed by atoms with Gasteiger partial charge in [-0.2, -0.15) is 0 Å². The number of aliphatic hydroxyl groups excluding tert-OH is 1. The molecular formula is C24H28FN2O4+. The molecule has 1 atom stereocenters. The SMILES string of the molecule is CC(C)Oc1ccc(C(O)=C2C(=O)C(=O)N(CC[NH+](C)C)[C@@H]2c2ccccc2F)cc1. The topological polar surface area (TPSA) is 71.3 Å². The zero-order valence-electron chi connectivity index (χ0n) is 18.2. The van der Waals surface area contributed by atoms with Gasteiger partial charge in [0.15, 0.2) is 0 Å². The number of ether oxygens (including phenoxy) is 1. The van der Waals surface area contributed by atoms with Crippen LogP contribution in [0.3, 0.4) is 0 Å². The Labute approximate surface area is 181 Å². The van der Waals surface area contributed by atoms with Crippen LogP contribution in [0.25, 0.3) is 5.76 Å². The number of quaternary nitrogens is 1. The zero-order chi connectivity index (χ0) is 22.7. The van der Waals surface area contributed by atoms with Crippen LogP contribution >= 0.6 is 0 Å². The number of benzene rings is 2. The Hall–Kier alpha value is -3.19. The molecular weight excluding hydrogens is 399 g/mol. The summed E-state index contributed by atoms with van der Waals surface area (Å²) in [4.78, 5) is 28.2. The first-order valence-electron chi connectivity index (χ1n) is 10.3. The molecule has 31 heavy (non-hydrogen) atoms. The van der Waals surface area contributed by atoms with Crippen molar-refractivity contribution in [2.24, 2.45) is 0 Å². The standard InChI is InChI=1S/C24H27FN2O4/c1-15(2)31-17-11-9-16(10-12-17)22(28)20-21(18-7-5-6-8-19(18)25)27(14-13-26(3)4)24(30)23(20)29/h5-12,15,21,28H,13-14H2,1-4H3/p+1/t21-/m1/s1. The van der Waals surface area contributed by atoms with E-state index >= 15 is 0 Å². The first-order valence-corrected chi connectivity index (χ1v) is 10.3. The Balaban J connectivity index is 2.09. The quantitative estimate of drug-likeness (QED) is 0.404. The normalized spacial score (nSPS) is 18.3. The summed E-state index contributed by atoms with van der Waals surface area (Å²) in [6, 6.07) is 11.6. The molecule has 0 bridgehead atoms. The van der Waals surface area contributed by atoms with Gasteiger partial charge in [0.2, 0.25) is 0 Å². The van der Waals surface area contributed by atoms with E-state index in [0.717, 1.165) is 4.90 Å². The minimum atomic E-state index is -0.993. The maximum atomic E-state index is 14.7. The molecule has 2 N–H and O–H groups in total. The third-order valence-corrected chi connectivity index (χ3v) is 5.09. The number of Topliss-reactive ketones (excluding diaryl/α,β-unsaturated/α-hetero) is 1. The molecule has 1 heterocycles. The lowest BCUT2D eigenvalue weighted by atomic mass is 9.95. The highest BCUT2D eigenvalue weighted by Gasteiger charge is 2.47. The summed E-state index contributed by atoms with van der Waals surface area (Å²) >= 11 is 0. The Kier molecular flexibility index (Phi) is 6.75. The average molecular weight is 427 g/mol. The van der Waals surface area contributed by atoms with Crippen molar-refractivity contribution in [1.29, 1.82) is 0 Å². The van der Waals surface area contributed by atoms with Gasteiger partial charge < -0.3 is 19.6 Å². The number of nitrogens with zero attached hydrogens (tertiary/aromatic N) is 1. The fourth-order valence-electron chi connectivity index (χ4n) is 3.59. The molecule has 3 rings (SSSR count). The molecule has 0 unspecified atom stereocenters. The molecule has 6 nitrogen and oxygen atoms in total. The summed E-state index contributed by atoms with van der Waals surface area (Å²) in [5, 5.41) is 11.0. The highest BCUT2D eigenvalue weighted by Crippen LogP contribution is 2.40. The Morgan fingerprint density at radius 2 is 1.77 bits per heavy atom. The molecule has 1 aliphatic heterocycles. The molecule has 164 valence electrons. The van der Waals surface area contributed by atoms with Crippen LogP contribution in [0.2, 0.25) is 0 Å². The van der Waals surface area contributed by atoms with Gasteiger partial charge in [-0.3, -0.25) is 9.59 Å². The third kappa shape index (κ3) is 4.77. The number of nitrogens with one attached hydrogen (secondary N) is 1. The van der Waals surface area contributed by atoms with Gasteiger partial charge in [-0.25, -0.2) is 4.39 Å². The van der Waals surface area contributed by atoms with Crippen LogP contribution < -0.4 is 9.64 Å². The number of carbonyl (C=O) groups is 2. The molecule has 0 spiro atoms. The van der Waals surface area contributed by atoms with Gasteiger partial charge in [0.25, 0.3) is 11.7 Å². The molecule has 1 saturated heterocycles. The van der Waals surface area contributed by atoms with Crippen molar-refractivity contribution < 1.29 is 28.7 Å². The summed E-state index contributed by atoms with van der Waals surface area (Å²) in [6.07, 6.45) is -0.00958. The van der Waals surface area contributed by atoms with Crippen molar-refractivity contribution in [1.82, 2.24) is 4.90 Å². The fraction of sp³-hybridized carbons (Fsp3) is 0.333. The lowest BCUT2D eigenvalue weighted by Gasteiger charge is -2.26. The second-order valence-corrected chi connectivity index (χ2v) is 8.16. The molecule has 1 fully saturated rings. The molecule has 0 saturated carbocycles. The molecule has 2 aromatic rings. The maximum absolute atomic E-state index is 14.7. The highest BCUT2D eigenvalue weighted by molar-refractivity contribution is 6.46. The predicted molar refractivity (Wildman–Crippen MR) is 115 cm³/mol. The van der Waals surface area contributed by atoms with Crippen LogP contribution in [-0.2, 0) is 9.59 Å². The van der Waals surface area contributed by atoms with Crippen LogP contribution in [-0.4, -0.2) is 55.0 Å². The molecule has 1 amide bonds. The number of hydrogen-bond acceptors (Lipinski definition) is 4. The third-order valence-electron chi connectivity index (χ3n) is 5.09. The largest absolute Gasteiger partial charge is 0.507 e. The lowest BCUT2D eigenvalue weighted by molar-refractivity contribution is -0.857. The Morgan fingerprint density at radius 3 is 2.35 bits per heavy atom. The van der Waals surface area contributed by atoms with Crippen molar-refractivity contribution in [3.05, 3.63) is 71.0 Å². The second-order valence-electron chi connectivity index (χ2n) is 8.16. The van der Waals surface area contributed by atoms with E-state index in [9.17, 15) is 19.1 Å². The second kappa shape index (κ2) is 9.31. The van der Waals surface area contributed by atoms with Crippen LogP contribution in [0.4, 0.5) is 4.39 Å². The minimum absolute atomic E-state index is 0.00958. The first kappa shape index (κ1) is 22.5. The highest BCUT2D eigenvalue weighted by atomic mass is 19.1. The van der Waals surface area contributed by atoms with Gasteiger partial charge in [-0.15, -0.1) is 0 Å². The predicted octanol–water partition coefficient (Wildman–Crippen LogP) is 2.18. The zero-order valence-corrected chi connectivity index (χ0v) is 18.2. The lowest BCUT2D eigenvalue weighted by Crippen LogP contribution is -3.06. The van der Waals surface area contributed by atoms with E-state index in [0.29, 0.717) is 17.9 Å². The number of hydrogen-bond donors (Lipinski definition) is 2. The van der Waals surface area contributed by atoms with E-state index in [1.807, 2.05) is 27.9 Å². The van der Waals surface area contributed by atoms with Crippen LogP contribution in [0.15, 0.2) is 54.1 Å².